The maximum Gasteiger partial charge on any atom is 0.234 e. The van der Waals surface area contributed by atoms with Gasteiger partial charge in [0.25, 0.3) is 0 Å². The molecule has 0 spiro atoms. The number of likely N-dealkylation sites (N-methyl/N-ethyl adjacent to an activating group) is 1. The van der Waals surface area contributed by atoms with Gasteiger partial charge in [-0.25, -0.2) is 0 Å². The molecule has 0 aliphatic carbocycles. The molecule has 2 rings (SSSR count). The molecule has 1 N–H and O–H groups in total. The Kier molecular flexibility index (Phi) is 6.30. The molecule has 0 radical (unpaired) electrons. The Morgan fingerprint density at radius 1 is 1.48 bits per heavy atom. The minimum absolute atomic E-state index is 0.00819. The summed E-state index contributed by atoms with van der Waals surface area (Å²) in [7, 11) is 1.88. The fourth-order valence-electron chi connectivity index (χ4n) is 2.35. The Hall–Kier alpha value is -0.810. The van der Waals surface area contributed by atoms with E-state index in [2.05, 4.69) is 5.32 Å². The summed E-state index contributed by atoms with van der Waals surface area (Å²) in [5.41, 5.74) is 0.915. The molecule has 6 heteroatoms. The molecule has 0 aromatic heterocycles. The zero-order valence-electron chi connectivity index (χ0n) is 12.1. The summed E-state index contributed by atoms with van der Waals surface area (Å²) < 4.78 is 5.47. The lowest BCUT2D eigenvalue weighted by Crippen LogP contribution is -2.38. The second kappa shape index (κ2) is 7.99. The van der Waals surface area contributed by atoms with Gasteiger partial charge in [-0.2, -0.15) is 0 Å². The van der Waals surface area contributed by atoms with E-state index in [0.29, 0.717) is 29.7 Å². The van der Waals surface area contributed by atoms with Crippen LogP contribution in [0, 0.1) is 0 Å². The van der Waals surface area contributed by atoms with Crippen LogP contribution in [0.1, 0.15) is 18.4 Å². The molecular formula is C15H20Cl2N2O2. The zero-order valence-corrected chi connectivity index (χ0v) is 13.6. The second-order valence-corrected chi connectivity index (χ2v) is 6.11. The van der Waals surface area contributed by atoms with Crippen molar-refractivity contribution in [3.8, 4) is 0 Å². The van der Waals surface area contributed by atoms with Crippen molar-refractivity contribution in [3.05, 3.63) is 33.8 Å². The maximum absolute atomic E-state index is 11.9. The lowest BCUT2D eigenvalue weighted by atomic mass is 10.2. The van der Waals surface area contributed by atoms with E-state index >= 15 is 0 Å². The van der Waals surface area contributed by atoms with E-state index in [0.717, 1.165) is 25.0 Å². The first-order valence-corrected chi connectivity index (χ1v) is 7.81. The van der Waals surface area contributed by atoms with Crippen molar-refractivity contribution < 1.29 is 9.53 Å². The standard InChI is InChI=1S/C15H20Cl2N2O2/c1-19(9-11-4-2-6-13(16)15(11)17)10-14(20)18-8-12-5-3-7-21-12/h2,4,6,12H,3,5,7-10H2,1H3,(H,18,20). The van der Waals surface area contributed by atoms with Gasteiger partial charge in [0.05, 0.1) is 22.7 Å². The molecule has 1 aliphatic heterocycles. The summed E-state index contributed by atoms with van der Waals surface area (Å²) in [4.78, 5) is 13.8. The van der Waals surface area contributed by atoms with E-state index in [1.807, 2.05) is 24.1 Å². The summed E-state index contributed by atoms with van der Waals surface area (Å²) >= 11 is 12.1. The number of hydrogen-bond acceptors (Lipinski definition) is 3. The lowest BCUT2D eigenvalue weighted by Gasteiger charge is -2.18. The molecule has 1 aromatic rings. The molecule has 1 heterocycles. The molecular weight excluding hydrogens is 311 g/mol. The summed E-state index contributed by atoms with van der Waals surface area (Å²) in [5.74, 6) is -0.00819. The molecule has 1 aliphatic rings. The van der Waals surface area contributed by atoms with Gasteiger partial charge in [0.1, 0.15) is 0 Å². The maximum atomic E-state index is 11.9. The normalized spacial score (nSPS) is 18.2. The van der Waals surface area contributed by atoms with E-state index in [1.165, 1.54) is 0 Å². The highest BCUT2D eigenvalue weighted by Gasteiger charge is 2.17. The summed E-state index contributed by atoms with van der Waals surface area (Å²) in [6.07, 6.45) is 2.27. The number of nitrogens with zero attached hydrogens (tertiary/aromatic N) is 1. The van der Waals surface area contributed by atoms with Crippen LogP contribution in [0.2, 0.25) is 10.0 Å². The van der Waals surface area contributed by atoms with Crippen molar-refractivity contribution in [2.24, 2.45) is 0 Å². The zero-order chi connectivity index (χ0) is 15.2. The Labute approximate surface area is 135 Å². The number of amides is 1. The molecule has 1 aromatic carbocycles. The predicted octanol–water partition coefficient (Wildman–Crippen LogP) is 2.72. The van der Waals surface area contributed by atoms with Crippen LogP contribution in [0.3, 0.4) is 0 Å². The van der Waals surface area contributed by atoms with Crippen LogP contribution < -0.4 is 5.32 Å². The quantitative estimate of drug-likeness (QED) is 0.871. The fraction of sp³-hybridized carbons (Fsp3) is 0.533. The summed E-state index contributed by atoms with van der Waals surface area (Å²) in [6.45, 7) is 2.28. The molecule has 4 nitrogen and oxygen atoms in total. The third kappa shape index (κ3) is 5.15. The first-order chi connectivity index (χ1) is 10.1. The van der Waals surface area contributed by atoms with Gasteiger partial charge in [0.2, 0.25) is 5.91 Å². The van der Waals surface area contributed by atoms with Gasteiger partial charge in [-0.3, -0.25) is 9.69 Å². The number of nitrogens with one attached hydrogen (secondary N) is 1. The monoisotopic (exact) mass is 330 g/mol. The van der Waals surface area contributed by atoms with Gasteiger partial charge < -0.3 is 10.1 Å². The van der Waals surface area contributed by atoms with Gasteiger partial charge in [-0.15, -0.1) is 0 Å². The van der Waals surface area contributed by atoms with Gasteiger partial charge in [0, 0.05) is 19.7 Å². The number of carbonyl (C=O) groups excluding carboxylic acids is 1. The minimum Gasteiger partial charge on any atom is -0.376 e. The van der Waals surface area contributed by atoms with Gasteiger partial charge >= 0.3 is 0 Å². The van der Waals surface area contributed by atoms with Crippen molar-refractivity contribution in [1.29, 1.82) is 0 Å². The van der Waals surface area contributed by atoms with E-state index in [-0.39, 0.29) is 12.0 Å². The Morgan fingerprint density at radius 3 is 3.00 bits per heavy atom. The molecule has 1 amide bonds. The smallest absolute Gasteiger partial charge is 0.234 e. The molecule has 1 unspecified atom stereocenters. The van der Waals surface area contributed by atoms with Crippen LogP contribution in [-0.2, 0) is 16.1 Å². The van der Waals surface area contributed by atoms with Crippen molar-refractivity contribution in [1.82, 2.24) is 10.2 Å². The highest BCUT2D eigenvalue weighted by Crippen LogP contribution is 2.26. The predicted molar refractivity (Wildman–Crippen MR) is 84.8 cm³/mol. The van der Waals surface area contributed by atoms with Crippen LogP contribution in [-0.4, -0.2) is 43.7 Å². The molecule has 0 bridgehead atoms. The van der Waals surface area contributed by atoms with E-state index in [4.69, 9.17) is 27.9 Å². The van der Waals surface area contributed by atoms with Gasteiger partial charge in [-0.05, 0) is 31.5 Å². The van der Waals surface area contributed by atoms with Gasteiger partial charge in [-0.1, -0.05) is 35.3 Å². The third-order valence-corrected chi connectivity index (χ3v) is 4.29. The van der Waals surface area contributed by atoms with Crippen LogP contribution in [0.5, 0.6) is 0 Å². The molecule has 116 valence electrons. The van der Waals surface area contributed by atoms with Gasteiger partial charge in [0.15, 0.2) is 0 Å². The average molecular weight is 331 g/mol. The minimum atomic E-state index is -0.00819. The first kappa shape index (κ1) is 16.6. The van der Waals surface area contributed by atoms with Crippen molar-refractivity contribution in [2.45, 2.75) is 25.5 Å². The number of carbonyl (C=O) groups is 1. The average Bonchev–Trinajstić information content (AvgIpc) is 2.95. The molecule has 0 saturated carbocycles. The van der Waals surface area contributed by atoms with Crippen LogP contribution in [0.15, 0.2) is 18.2 Å². The Bertz CT molecular complexity index is 491. The SMILES string of the molecule is CN(CC(=O)NCC1CCCO1)Cc1cccc(Cl)c1Cl. The lowest BCUT2D eigenvalue weighted by molar-refractivity contribution is -0.122. The molecule has 1 atom stereocenters. The Morgan fingerprint density at radius 2 is 2.29 bits per heavy atom. The topological polar surface area (TPSA) is 41.6 Å². The molecule has 1 saturated heterocycles. The van der Waals surface area contributed by atoms with Crippen molar-refractivity contribution in [2.75, 3.05) is 26.7 Å². The van der Waals surface area contributed by atoms with Crippen LogP contribution in [0.4, 0.5) is 0 Å². The third-order valence-electron chi connectivity index (χ3n) is 3.44. The largest absolute Gasteiger partial charge is 0.376 e. The summed E-state index contributed by atoms with van der Waals surface area (Å²) in [5, 5.41) is 3.98. The van der Waals surface area contributed by atoms with Crippen molar-refractivity contribution >= 4 is 29.1 Å². The van der Waals surface area contributed by atoms with E-state index in [1.54, 1.807) is 6.07 Å². The first-order valence-electron chi connectivity index (χ1n) is 7.06. The number of ether oxygens (including phenoxy) is 1. The van der Waals surface area contributed by atoms with E-state index in [9.17, 15) is 4.79 Å². The number of halogens is 2. The number of benzene rings is 1. The fourth-order valence-corrected chi connectivity index (χ4v) is 2.73. The summed E-state index contributed by atoms with van der Waals surface area (Å²) in [6, 6.07) is 5.52. The van der Waals surface area contributed by atoms with E-state index < -0.39 is 0 Å². The number of hydrogen-bond donors (Lipinski definition) is 1. The highest BCUT2D eigenvalue weighted by atomic mass is 35.5. The van der Waals surface area contributed by atoms with Crippen molar-refractivity contribution in [3.63, 3.8) is 0 Å². The molecule has 1 fully saturated rings. The van der Waals surface area contributed by atoms with Crippen LogP contribution >= 0.6 is 23.2 Å². The highest BCUT2D eigenvalue weighted by molar-refractivity contribution is 6.42. The van der Waals surface area contributed by atoms with Crippen LogP contribution in [0.25, 0.3) is 0 Å². The Balaban J connectivity index is 1.76. The second-order valence-electron chi connectivity index (χ2n) is 5.32. The molecule has 21 heavy (non-hydrogen) atoms. The number of rotatable bonds is 6.